The lowest BCUT2D eigenvalue weighted by Crippen LogP contribution is -2.28. The maximum Gasteiger partial charge on any atom is 0.319 e. The van der Waals surface area contributed by atoms with Crippen molar-refractivity contribution < 1.29 is 4.79 Å². The van der Waals surface area contributed by atoms with Crippen LogP contribution in [-0.4, -0.2) is 20.4 Å². The van der Waals surface area contributed by atoms with Gasteiger partial charge in [0.05, 0.1) is 17.9 Å². The molecule has 2 heterocycles. The summed E-state index contributed by atoms with van der Waals surface area (Å²) in [5.41, 5.74) is 4.66. The van der Waals surface area contributed by atoms with Gasteiger partial charge in [-0.1, -0.05) is 30.3 Å². The Morgan fingerprint density at radius 3 is 2.45 bits per heavy atom. The van der Waals surface area contributed by atoms with Gasteiger partial charge in [0.25, 0.3) is 0 Å². The zero-order valence-corrected chi connectivity index (χ0v) is 16.5. The van der Waals surface area contributed by atoms with E-state index in [1.807, 2.05) is 102 Å². The Morgan fingerprint density at radius 1 is 0.966 bits per heavy atom. The number of hydrogen-bond donors (Lipinski definition) is 2. The molecule has 29 heavy (non-hydrogen) atoms. The molecule has 2 aromatic carbocycles. The zero-order valence-electron chi connectivity index (χ0n) is 16.5. The lowest BCUT2D eigenvalue weighted by Gasteiger charge is -2.12. The van der Waals surface area contributed by atoms with Crippen LogP contribution in [0, 0.1) is 13.8 Å². The van der Waals surface area contributed by atoms with Crippen molar-refractivity contribution in [2.75, 3.05) is 5.32 Å². The van der Waals surface area contributed by atoms with E-state index in [2.05, 4.69) is 10.6 Å². The number of aryl methyl sites for hydroxylation is 2. The Kier molecular flexibility index (Phi) is 5.16. The SMILES string of the molecule is Cc1cccc(NC(=O)NCc2c(C)nn(-c3ccccc3)c2-n2cccc2)c1. The molecule has 0 unspecified atom stereocenters. The van der Waals surface area contributed by atoms with Crippen molar-refractivity contribution in [2.24, 2.45) is 0 Å². The van der Waals surface area contributed by atoms with Crippen molar-refractivity contribution in [2.45, 2.75) is 20.4 Å². The van der Waals surface area contributed by atoms with E-state index in [0.717, 1.165) is 34.0 Å². The number of rotatable bonds is 5. The summed E-state index contributed by atoms with van der Waals surface area (Å²) in [7, 11) is 0. The monoisotopic (exact) mass is 385 g/mol. The molecule has 2 aromatic heterocycles. The van der Waals surface area contributed by atoms with Gasteiger partial charge in [-0.3, -0.25) is 0 Å². The van der Waals surface area contributed by atoms with E-state index in [-0.39, 0.29) is 6.03 Å². The highest BCUT2D eigenvalue weighted by Gasteiger charge is 2.18. The lowest BCUT2D eigenvalue weighted by atomic mass is 10.2. The third-order valence-electron chi connectivity index (χ3n) is 4.71. The van der Waals surface area contributed by atoms with Crippen LogP contribution in [0.5, 0.6) is 0 Å². The largest absolute Gasteiger partial charge is 0.334 e. The van der Waals surface area contributed by atoms with Crippen LogP contribution < -0.4 is 10.6 Å². The maximum atomic E-state index is 12.4. The van der Waals surface area contributed by atoms with Crippen LogP contribution in [0.3, 0.4) is 0 Å². The molecule has 2 amide bonds. The van der Waals surface area contributed by atoms with Crippen molar-refractivity contribution in [3.8, 4) is 11.5 Å². The average molecular weight is 385 g/mol. The number of para-hydroxylation sites is 1. The molecule has 4 rings (SSSR count). The van der Waals surface area contributed by atoms with Crippen LogP contribution in [-0.2, 0) is 6.54 Å². The van der Waals surface area contributed by atoms with Crippen LogP contribution in [0.2, 0.25) is 0 Å². The summed E-state index contributed by atoms with van der Waals surface area (Å²) in [4.78, 5) is 12.4. The molecule has 0 aliphatic heterocycles. The fourth-order valence-electron chi connectivity index (χ4n) is 3.31. The van der Waals surface area contributed by atoms with Gasteiger partial charge in [-0.25, -0.2) is 9.48 Å². The van der Waals surface area contributed by atoms with Gasteiger partial charge >= 0.3 is 6.03 Å². The second-order valence-corrected chi connectivity index (χ2v) is 6.90. The Bertz CT molecular complexity index is 1110. The Hall–Kier alpha value is -3.80. The molecule has 0 aliphatic carbocycles. The molecular formula is C23H23N5O. The van der Waals surface area contributed by atoms with E-state index in [9.17, 15) is 4.79 Å². The molecule has 0 aliphatic rings. The maximum absolute atomic E-state index is 12.4. The highest BCUT2D eigenvalue weighted by molar-refractivity contribution is 5.89. The van der Waals surface area contributed by atoms with Crippen LogP contribution in [0.25, 0.3) is 11.5 Å². The Morgan fingerprint density at radius 2 is 1.72 bits per heavy atom. The number of aromatic nitrogens is 3. The van der Waals surface area contributed by atoms with E-state index in [0.29, 0.717) is 6.54 Å². The zero-order chi connectivity index (χ0) is 20.2. The number of carbonyl (C=O) groups is 1. The third-order valence-corrected chi connectivity index (χ3v) is 4.71. The van der Waals surface area contributed by atoms with Crippen LogP contribution in [0.4, 0.5) is 10.5 Å². The summed E-state index contributed by atoms with van der Waals surface area (Å²) in [6.07, 6.45) is 3.96. The first-order valence-electron chi connectivity index (χ1n) is 9.50. The number of anilines is 1. The van der Waals surface area contributed by atoms with Crippen LogP contribution in [0.1, 0.15) is 16.8 Å². The molecule has 0 saturated carbocycles. The van der Waals surface area contributed by atoms with Gasteiger partial charge in [-0.2, -0.15) is 5.10 Å². The second kappa shape index (κ2) is 8.06. The number of carbonyl (C=O) groups excluding carboxylic acids is 1. The van der Waals surface area contributed by atoms with E-state index >= 15 is 0 Å². The van der Waals surface area contributed by atoms with Crippen LogP contribution in [0.15, 0.2) is 79.1 Å². The van der Waals surface area contributed by atoms with Gasteiger partial charge in [0, 0.05) is 23.6 Å². The summed E-state index contributed by atoms with van der Waals surface area (Å²) >= 11 is 0. The minimum atomic E-state index is -0.249. The van der Waals surface area contributed by atoms with Crippen molar-refractivity contribution in [1.82, 2.24) is 19.7 Å². The van der Waals surface area contributed by atoms with Crippen molar-refractivity contribution in [3.63, 3.8) is 0 Å². The first-order chi connectivity index (χ1) is 14.1. The van der Waals surface area contributed by atoms with Crippen molar-refractivity contribution in [1.29, 1.82) is 0 Å². The summed E-state index contributed by atoms with van der Waals surface area (Å²) in [6, 6.07) is 21.4. The molecule has 0 bridgehead atoms. The molecule has 146 valence electrons. The van der Waals surface area contributed by atoms with Gasteiger partial charge < -0.3 is 15.2 Å². The molecular weight excluding hydrogens is 362 g/mol. The van der Waals surface area contributed by atoms with Crippen molar-refractivity contribution >= 4 is 11.7 Å². The minimum Gasteiger partial charge on any atom is -0.334 e. The van der Waals surface area contributed by atoms with Crippen LogP contribution >= 0.6 is 0 Å². The summed E-state index contributed by atoms with van der Waals surface area (Å²) < 4.78 is 3.92. The quantitative estimate of drug-likeness (QED) is 0.527. The third kappa shape index (κ3) is 4.06. The van der Waals surface area contributed by atoms with Crippen molar-refractivity contribution in [3.05, 3.63) is 95.9 Å². The predicted molar refractivity (Wildman–Crippen MR) is 115 cm³/mol. The van der Waals surface area contributed by atoms with Gasteiger partial charge in [0.15, 0.2) is 0 Å². The highest BCUT2D eigenvalue weighted by Crippen LogP contribution is 2.23. The average Bonchev–Trinajstić information content (AvgIpc) is 3.35. The molecule has 4 aromatic rings. The highest BCUT2D eigenvalue weighted by atomic mass is 16.2. The van der Waals surface area contributed by atoms with Gasteiger partial charge in [0.2, 0.25) is 0 Å². The number of nitrogens with one attached hydrogen (secondary N) is 2. The number of benzene rings is 2. The molecule has 6 nitrogen and oxygen atoms in total. The first-order valence-corrected chi connectivity index (χ1v) is 9.50. The fourth-order valence-corrected chi connectivity index (χ4v) is 3.31. The molecule has 6 heteroatoms. The van der Waals surface area contributed by atoms with Gasteiger partial charge in [0.1, 0.15) is 5.82 Å². The fraction of sp³-hybridized carbons (Fsp3) is 0.130. The van der Waals surface area contributed by atoms with E-state index in [1.54, 1.807) is 0 Å². The molecule has 0 spiro atoms. The summed E-state index contributed by atoms with van der Waals surface area (Å²) in [5.74, 6) is 0.912. The normalized spacial score (nSPS) is 10.7. The topological polar surface area (TPSA) is 63.9 Å². The summed E-state index contributed by atoms with van der Waals surface area (Å²) in [5, 5.41) is 10.6. The lowest BCUT2D eigenvalue weighted by molar-refractivity contribution is 0.251. The van der Waals surface area contributed by atoms with E-state index in [1.165, 1.54) is 0 Å². The number of hydrogen-bond acceptors (Lipinski definition) is 2. The standard InChI is InChI=1S/C23H23N5O/c1-17-9-8-10-19(15-17)25-23(29)24-16-21-18(2)26-28(20-11-4-3-5-12-20)22(21)27-13-6-7-14-27/h3-15H,16H2,1-2H3,(H2,24,25,29). The van der Waals surface area contributed by atoms with E-state index < -0.39 is 0 Å². The number of urea groups is 1. The van der Waals surface area contributed by atoms with Gasteiger partial charge in [-0.05, 0) is 55.8 Å². The number of nitrogens with zero attached hydrogens (tertiary/aromatic N) is 3. The first kappa shape index (κ1) is 18.6. The molecule has 2 N–H and O–H groups in total. The Balaban J connectivity index is 1.60. The molecule has 0 saturated heterocycles. The van der Waals surface area contributed by atoms with E-state index in [4.69, 9.17) is 5.10 Å². The predicted octanol–water partition coefficient (Wildman–Crippen LogP) is 4.60. The molecule has 0 radical (unpaired) electrons. The number of amides is 2. The molecule has 0 fully saturated rings. The second-order valence-electron chi connectivity index (χ2n) is 6.90. The smallest absolute Gasteiger partial charge is 0.319 e. The van der Waals surface area contributed by atoms with Gasteiger partial charge in [-0.15, -0.1) is 0 Å². The summed E-state index contributed by atoms with van der Waals surface area (Å²) in [6.45, 7) is 4.32. The Labute approximate surface area is 169 Å². The molecule has 0 atom stereocenters. The minimum absolute atomic E-state index is 0.249.